The number of nitrogens with one attached hydrogen (secondary N) is 1. The van der Waals surface area contributed by atoms with E-state index in [0.29, 0.717) is 5.02 Å². The van der Waals surface area contributed by atoms with Crippen molar-refractivity contribution in [2.45, 2.75) is 37.1 Å². The quantitative estimate of drug-likeness (QED) is 0.264. The van der Waals surface area contributed by atoms with E-state index in [1.54, 1.807) is 6.92 Å². The van der Waals surface area contributed by atoms with Gasteiger partial charge in [0, 0.05) is 29.3 Å². The predicted molar refractivity (Wildman–Crippen MR) is 98.9 cm³/mol. The number of hydrazone groups is 1. The zero-order chi connectivity index (χ0) is 20.4. The van der Waals surface area contributed by atoms with Gasteiger partial charge in [0.05, 0.1) is 0 Å². The van der Waals surface area contributed by atoms with Crippen LogP contribution in [0.2, 0.25) is 5.02 Å². The molecule has 1 aromatic rings. The fourth-order valence-electron chi connectivity index (χ4n) is 2.72. The average Bonchev–Trinajstić information content (AvgIpc) is 2.59. The summed E-state index contributed by atoms with van der Waals surface area (Å²) in [5.41, 5.74) is 2.41. The number of carbonyl (C=O) groups is 3. The fraction of sp³-hybridized carbons (Fsp3) is 0.375. The van der Waals surface area contributed by atoms with Gasteiger partial charge in [-0.15, -0.1) is 0 Å². The van der Waals surface area contributed by atoms with Gasteiger partial charge in [0.15, 0.2) is 17.1 Å². The fourth-order valence-corrected chi connectivity index (χ4v) is 3.40. The smallest absolute Gasteiger partial charge is 0.328 e. The van der Waals surface area contributed by atoms with E-state index >= 15 is 0 Å². The van der Waals surface area contributed by atoms with Gasteiger partial charge < -0.3 is 14.6 Å². The van der Waals surface area contributed by atoms with Gasteiger partial charge in [0.2, 0.25) is 5.91 Å². The molecule has 1 aliphatic rings. The Morgan fingerprint density at radius 2 is 2.04 bits per heavy atom. The second-order valence-corrected chi connectivity index (χ2v) is 8.05. The number of hydrogen-bond donors (Lipinski definition) is 3. The molecule has 0 aliphatic carbocycles. The number of β-lactam (4-membered cyclic amide) rings is 1. The molecule has 1 saturated heterocycles. The molecule has 1 aromatic carbocycles. The number of carboxylic acid groups (broad SMARTS) is 1. The number of halogens is 1. The Morgan fingerprint density at radius 3 is 2.48 bits per heavy atom. The van der Waals surface area contributed by atoms with Gasteiger partial charge >= 0.3 is 5.97 Å². The van der Waals surface area contributed by atoms with Crippen LogP contribution in [-0.2, 0) is 20.7 Å². The summed E-state index contributed by atoms with van der Waals surface area (Å²) in [5, 5.41) is 13.6. The molecule has 1 heterocycles. The first-order valence-corrected chi connectivity index (χ1v) is 9.31. The molecule has 4 atom stereocenters. The average molecular weight is 416 g/mol. The number of hydrogen-bond acceptors (Lipinski definition) is 5. The summed E-state index contributed by atoms with van der Waals surface area (Å²) in [6.07, 6.45) is 1.02. The van der Waals surface area contributed by atoms with E-state index < -0.39 is 45.7 Å². The Hall–Kier alpha value is -2.30. The Morgan fingerprint density at radius 1 is 1.44 bits per heavy atom. The van der Waals surface area contributed by atoms with Crippen molar-refractivity contribution in [3.63, 3.8) is 0 Å². The number of amides is 2. The molecule has 0 saturated carbocycles. The highest BCUT2D eigenvalue weighted by Gasteiger charge is 2.53. The first kappa shape index (κ1) is 21.0. The van der Waals surface area contributed by atoms with Crippen LogP contribution in [0.25, 0.3) is 0 Å². The molecule has 0 bridgehead atoms. The van der Waals surface area contributed by atoms with Gasteiger partial charge in [0.1, 0.15) is 4.75 Å². The molecule has 9 nitrogen and oxygen atoms in total. The van der Waals surface area contributed by atoms with Crippen molar-refractivity contribution in [2.24, 2.45) is 5.10 Å². The molecule has 0 aromatic heterocycles. The minimum Gasteiger partial charge on any atom is -0.480 e. The maximum atomic E-state index is 12.0. The lowest BCUT2D eigenvalue weighted by molar-refractivity contribution is -0.161. The number of carboxylic acids is 1. The van der Waals surface area contributed by atoms with Crippen molar-refractivity contribution in [1.29, 1.82) is 0 Å². The molecule has 2 amide bonds. The summed E-state index contributed by atoms with van der Waals surface area (Å²) in [6.45, 7) is 2.82. The van der Waals surface area contributed by atoms with Gasteiger partial charge in [-0.2, -0.15) is 5.10 Å². The zero-order valence-electron chi connectivity index (χ0n) is 14.5. The molecule has 1 unspecified atom stereocenters. The second-order valence-electron chi connectivity index (χ2n) is 6.23. The van der Waals surface area contributed by atoms with Crippen molar-refractivity contribution in [1.82, 2.24) is 10.3 Å². The largest absolute Gasteiger partial charge is 0.480 e. The number of aliphatic carboxylic acids is 1. The molecule has 0 radical (unpaired) electrons. The third kappa shape index (κ3) is 4.34. The summed E-state index contributed by atoms with van der Waals surface area (Å²) in [4.78, 5) is 36.6. The second kappa shape index (κ2) is 8.15. The summed E-state index contributed by atoms with van der Waals surface area (Å²) >= 11 is 3.05. The maximum Gasteiger partial charge on any atom is 0.328 e. The Balaban J connectivity index is 2.23. The van der Waals surface area contributed by atoms with Crippen LogP contribution in [0.1, 0.15) is 30.6 Å². The molecule has 3 N–H and O–H groups in total. The monoisotopic (exact) mass is 415 g/mol. The Labute approximate surface area is 162 Å². The van der Waals surface area contributed by atoms with Crippen LogP contribution in [0, 0.1) is 0 Å². The maximum absolute atomic E-state index is 12.0. The van der Waals surface area contributed by atoms with Crippen LogP contribution < -0.4 is 5.43 Å². The number of nitrogens with zero attached hydrogens (tertiary/aromatic N) is 2. The lowest BCUT2D eigenvalue weighted by Gasteiger charge is -2.46. The molecule has 1 fully saturated rings. The summed E-state index contributed by atoms with van der Waals surface area (Å²) in [6, 6.07) is 3.91. The van der Waals surface area contributed by atoms with E-state index in [1.165, 1.54) is 31.2 Å². The van der Waals surface area contributed by atoms with E-state index in [-0.39, 0.29) is 12.0 Å². The van der Waals surface area contributed by atoms with Gasteiger partial charge in [0.25, 0.3) is 5.91 Å². The van der Waals surface area contributed by atoms with Crippen molar-refractivity contribution >= 4 is 46.7 Å². The molecular formula is C16H18ClN3O6S. The number of rotatable bonds is 7. The highest BCUT2D eigenvalue weighted by molar-refractivity contribution is 7.81. The van der Waals surface area contributed by atoms with Crippen LogP contribution >= 0.6 is 11.6 Å². The standard InChI is InChI=1S/C16H18ClN3O6S/c1-9-7-12(21)20(9)13(15(23)24)16(2,27(25)26)8-18-19-14(22)10-3-5-11(17)6-4-10/h3-6,8-9,13H,7H2,1-2H3,(H,19,22)(H,23,24)(H,25,26)/b18-8+/t9-,13+,16+/m1/s1. The minimum atomic E-state index is -2.69. The topological polar surface area (TPSA) is 136 Å². The van der Waals surface area contributed by atoms with Crippen LogP contribution in [0.15, 0.2) is 29.4 Å². The third-order valence-corrected chi connectivity index (χ3v) is 5.59. The molecular weight excluding hydrogens is 398 g/mol. The van der Waals surface area contributed by atoms with Gasteiger partial charge in [-0.1, -0.05) is 11.6 Å². The third-order valence-electron chi connectivity index (χ3n) is 4.26. The first-order chi connectivity index (χ1) is 12.6. The molecule has 11 heteroatoms. The van der Waals surface area contributed by atoms with Crippen molar-refractivity contribution in [3.8, 4) is 0 Å². The van der Waals surface area contributed by atoms with Crippen LogP contribution in [-0.4, -0.2) is 59.6 Å². The number of benzene rings is 1. The van der Waals surface area contributed by atoms with Crippen LogP contribution in [0.3, 0.4) is 0 Å². The minimum absolute atomic E-state index is 0.155. The summed E-state index contributed by atoms with van der Waals surface area (Å²) in [5.74, 6) is -2.50. The molecule has 0 spiro atoms. The molecule has 1 aliphatic heterocycles. The lowest BCUT2D eigenvalue weighted by atomic mass is 9.92. The van der Waals surface area contributed by atoms with Crippen LogP contribution in [0.4, 0.5) is 0 Å². The molecule has 27 heavy (non-hydrogen) atoms. The number of likely N-dealkylation sites (tertiary alicyclic amines) is 1. The Bertz CT molecular complexity index is 815. The van der Waals surface area contributed by atoms with Crippen molar-refractivity contribution in [2.75, 3.05) is 0 Å². The first-order valence-electron chi connectivity index (χ1n) is 7.83. The SMILES string of the molecule is C[C@@H]1CC(=O)N1[C@@H](C(=O)O)[C@](C)(/C=N/NC(=O)c1ccc(Cl)cc1)S(=O)O. The van der Waals surface area contributed by atoms with Gasteiger partial charge in [-0.25, -0.2) is 14.4 Å². The normalized spacial score (nSPS) is 21.3. The zero-order valence-corrected chi connectivity index (χ0v) is 16.0. The van der Waals surface area contributed by atoms with Gasteiger partial charge in [-0.3, -0.25) is 9.59 Å². The molecule has 2 rings (SSSR count). The predicted octanol–water partition coefficient (Wildman–Crippen LogP) is 1.11. The van der Waals surface area contributed by atoms with E-state index in [2.05, 4.69) is 10.5 Å². The van der Waals surface area contributed by atoms with Crippen molar-refractivity contribution < 1.29 is 28.3 Å². The highest BCUT2D eigenvalue weighted by Crippen LogP contribution is 2.30. The van der Waals surface area contributed by atoms with E-state index in [1.807, 2.05) is 0 Å². The van der Waals surface area contributed by atoms with Crippen molar-refractivity contribution in [3.05, 3.63) is 34.9 Å². The van der Waals surface area contributed by atoms with E-state index in [4.69, 9.17) is 11.6 Å². The van der Waals surface area contributed by atoms with E-state index in [9.17, 15) is 28.3 Å². The highest BCUT2D eigenvalue weighted by atomic mass is 35.5. The Kier molecular flexibility index (Phi) is 6.34. The molecule has 146 valence electrons. The lowest BCUT2D eigenvalue weighted by Crippen LogP contribution is -2.67. The van der Waals surface area contributed by atoms with Gasteiger partial charge in [-0.05, 0) is 38.1 Å². The number of carbonyl (C=O) groups excluding carboxylic acids is 2. The van der Waals surface area contributed by atoms with E-state index in [0.717, 1.165) is 11.1 Å². The summed E-state index contributed by atoms with van der Waals surface area (Å²) < 4.78 is 19.7. The van der Waals surface area contributed by atoms with Crippen LogP contribution in [0.5, 0.6) is 0 Å². The summed E-state index contributed by atoms with van der Waals surface area (Å²) in [7, 11) is 0.